The Morgan fingerprint density at radius 1 is 1.27 bits per heavy atom. The summed E-state index contributed by atoms with van der Waals surface area (Å²) in [5, 5.41) is 28.1. The van der Waals surface area contributed by atoms with Crippen molar-refractivity contribution in [1.29, 1.82) is 0 Å². The second-order valence-electron chi connectivity index (χ2n) is 10.8. The average molecular weight is 460 g/mol. The quantitative estimate of drug-likeness (QED) is 0.451. The Morgan fingerprint density at radius 2 is 1.97 bits per heavy atom. The number of nitro groups is 1. The van der Waals surface area contributed by atoms with Crippen molar-refractivity contribution in [2.45, 2.75) is 90.4 Å². The molecular weight excluding hydrogens is 422 g/mol. The second-order valence-corrected chi connectivity index (χ2v) is 10.8. The molecule has 0 aliphatic heterocycles. The number of ether oxygens (including phenoxy) is 1. The zero-order valence-electron chi connectivity index (χ0n) is 20.5. The van der Waals surface area contributed by atoms with Crippen LogP contribution in [-0.2, 0) is 5.54 Å². The van der Waals surface area contributed by atoms with Gasteiger partial charge in [0, 0.05) is 18.2 Å². The standard InChI is InChI=1S/C23H37N7O3/c1-22(2,3)14-23(4,5)29-21(26-27-28-29)20(25-17-10-8-7-9-16(17)24)15-11-12-19(33-6)18(13-15)30(31)32/h11-13,16-17,20,25H,7-10,14,24H2,1-6H3. The highest BCUT2D eigenvalue weighted by molar-refractivity contribution is 5.50. The summed E-state index contributed by atoms with van der Waals surface area (Å²) < 4.78 is 7.05. The van der Waals surface area contributed by atoms with Gasteiger partial charge in [-0.25, -0.2) is 4.68 Å². The van der Waals surface area contributed by atoms with E-state index in [1.807, 2.05) is 10.7 Å². The lowest BCUT2D eigenvalue weighted by molar-refractivity contribution is -0.385. The van der Waals surface area contributed by atoms with Crippen molar-refractivity contribution in [2.24, 2.45) is 11.1 Å². The van der Waals surface area contributed by atoms with E-state index in [9.17, 15) is 10.1 Å². The summed E-state index contributed by atoms with van der Waals surface area (Å²) in [6.45, 7) is 10.8. The fraction of sp³-hybridized carbons (Fsp3) is 0.696. The summed E-state index contributed by atoms with van der Waals surface area (Å²) in [7, 11) is 1.42. The second kappa shape index (κ2) is 9.72. The van der Waals surface area contributed by atoms with Gasteiger partial charge in [-0.2, -0.15) is 0 Å². The molecule has 1 aliphatic carbocycles. The van der Waals surface area contributed by atoms with Crippen LogP contribution in [0.4, 0.5) is 5.69 Å². The Balaban J connectivity index is 2.09. The lowest BCUT2D eigenvalue weighted by Gasteiger charge is -2.36. The highest BCUT2D eigenvalue weighted by Crippen LogP contribution is 2.36. The summed E-state index contributed by atoms with van der Waals surface area (Å²) in [4.78, 5) is 11.3. The van der Waals surface area contributed by atoms with Gasteiger partial charge in [-0.3, -0.25) is 15.4 Å². The summed E-state index contributed by atoms with van der Waals surface area (Å²) in [6, 6.07) is 4.59. The third-order valence-electron chi connectivity index (χ3n) is 6.22. The Kier molecular flexibility index (Phi) is 7.38. The Labute approximate surface area is 195 Å². The number of hydrogen-bond donors (Lipinski definition) is 2. The molecule has 1 aromatic carbocycles. The van der Waals surface area contributed by atoms with Crippen molar-refractivity contribution in [3.63, 3.8) is 0 Å². The minimum Gasteiger partial charge on any atom is -0.490 e. The molecule has 0 spiro atoms. The first-order valence-corrected chi connectivity index (χ1v) is 11.6. The van der Waals surface area contributed by atoms with Crippen LogP contribution in [0.3, 0.4) is 0 Å². The normalized spacial score (nSPS) is 20.5. The Morgan fingerprint density at radius 3 is 2.58 bits per heavy atom. The first-order chi connectivity index (χ1) is 15.4. The number of nitrogens with one attached hydrogen (secondary N) is 1. The molecule has 1 aliphatic rings. The lowest BCUT2D eigenvalue weighted by atomic mass is 9.81. The van der Waals surface area contributed by atoms with E-state index >= 15 is 0 Å². The fourth-order valence-electron chi connectivity index (χ4n) is 5.11. The van der Waals surface area contributed by atoms with Gasteiger partial charge in [-0.1, -0.05) is 39.7 Å². The third-order valence-corrected chi connectivity index (χ3v) is 6.22. The molecular formula is C23H37N7O3. The van der Waals surface area contributed by atoms with Gasteiger partial charge < -0.3 is 10.5 Å². The topological polar surface area (TPSA) is 134 Å². The van der Waals surface area contributed by atoms with Crippen LogP contribution >= 0.6 is 0 Å². The van der Waals surface area contributed by atoms with Gasteiger partial charge >= 0.3 is 5.69 Å². The molecule has 1 aromatic heterocycles. The first kappa shape index (κ1) is 25.0. The molecule has 33 heavy (non-hydrogen) atoms. The van der Waals surface area contributed by atoms with E-state index < -0.39 is 11.0 Å². The van der Waals surface area contributed by atoms with E-state index in [1.54, 1.807) is 12.1 Å². The van der Waals surface area contributed by atoms with Gasteiger partial charge in [0.05, 0.1) is 23.6 Å². The number of hydrogen-bond acceptors (Lipinski definition) is 8. The van der Waals surface area contributed by atoms with Crippen molar-refractivity contribution in [3.8, 4) is 5.75 Å². The number of methoxy groups -OCH3 is 1. The van der Waals surface area contributed by atoms with Crippen LogP contribution in [0.25, 0.3) is 0 Å². The number of tetrazole rings is 1. The van der Waals surface area contributed by atoms with E-state index in [1.165, 1.54) is 7.11 Å². The van der Waals surface area contributed by atoms with Crippen LogP contribution in [0, 0.1) is 15.5 Å². The molecule has 2 aromatic rings. The molecule has 0 saturated heterocycles. The minimum atomic E-state index is -0.460. The SMILES string of the molecule is COc1ccc(C(NC2CCCCC2N)c2nnnn2C(C)(C)CC(C)(C)C)cc1[N+](=O)[O-]. The number of nitrogens with zero attached hydrogens (tertiary/aromatic N) is 5. The van der Waals surface area contributed by atoms with Crippen LogP contribution in [0.5, 0.6) is 5.75 Å². The fourth-order valence-corrected chi connectivity index (χ4v) is 5.11. The maximum absolute atomic E-state index is 11.7. The molecule has 3 unspecified atom stereocenters. The van der Waals surface area contributed by atoms with E-state index in [0.29, 0.717) is 11.4 Å². The summed E-state index contributed by atoms with van der Waals surface area (Å²) in [6.07, 6.45) is 4.91. The summed E-state index contributed by atoms with van der Waals surface area (Å²) >= 11 is 0. The highest BCUT2D eigenvalue weighted by Gasteiger charge is 2.36. The maximum atomic E-state index is 11.7. The van der Waals surface area contributed by atoms with Gasteiger partial charge in [0.1, 0.15) is 0 Å². The van der Waals surface area contributed by atoms with Crippen LogP contribution in [0.2, 0.25) is 0 Å². The number of nitro benzene ring substituents is 1. The molecule has 182 valence electrons. The molecule has 0 radical (unpaired) electrons. The Hall–Kier alpha value is -2.59. The molecule has 1 fully saturated rings. The number of benzene rings is 1. The zero-order chi connectivity index (χ0) is 24.4. The number of nitrogens with two attached hydrogens (primary N) is 1. The lowest BCUT2D eigenvalue weighted by Crippen LogP contribution is -2.49. The summed E-state index contributed by atoms with van der Waals surface area (Å²) in [5.74, 6) is 0.825. The monoisotopic (exact) mass is 459 g/mol. The molecule has 3 N–H and O–H groups in total. The van der Waals surface area contributed by atoms with Crippen LogP contribution in [-0.4, -0.2) is 44.3 Å². The highest BCUT2D eigenvalue weighted by atomic mass is 16.6. The van der Waals surface area contributed by atoms with E-state index in [0.717, 1.165) is 32.1 Å². The summed E-state index contributed by atoms with van der Waals surface area (Å²) in [5.41, 5.74) is 6.73. The van der Waals surface area contributed by atoms with Gasteiger partial charge in [-0.15, -0.1) is 5.10 Å². The van der Waals surface area contributed by atoms with Crippen LogP contribution < -0.4 is 15.8 Å². The first-order valence-electron chi connectivity index (χ1n) is 11.6. The predicted molar refractivity (Wildman–Crippen MR) is 126 cm³/mol. The van der Waals surface area contributed by atoms with Crippen molar-refractivity contribution < 1.29 is 9.66 Å². The molecule has 1 heterocycles. The van der Waals surface area contributed by atoms with E-state index in [-0.39, 0.29) is 34.5 Å². The largest absolute Gasteiger partial charge is 0.490 e. The molecule has 0 amide bonds. The van der Waals surface area contributed by atoms with Gasteiger partial charge in [0.2, 0.25) is 0 Å². The third kappa shape index (κ3) is 5.86. The smallest absolute Gasteiger partial charge is 0.311 e. The van der Waals surface area contributed by atoms with Crippen LogP contribution in [0.1, 0.15) is 84.2 Å². The van der Waals surface area contributed by atoms with Crippen molar-refractivity contribution >= 4 is 5.69 Å². The Bertz CT molecular complexity index is 967. The molecule has 0 bridgehead atoms. The van der Waals surface area contributed by atoms with Crippen LogP contribution in [0.15, 0.2) is 18.2 Å². The molecule has 10 heteroatoms. The zero-order valence-corrected chi connectivity index (χ0v) is 20.5. The average Bonchev–Trinajstić information content (AvgIpc) is 3.21. The van der Waals surface area contributed by atoms with Gasteiger partial charge in [-0.05, 0) is 60.6 Å². The van der Waals surface area contributed by atoms with Gasteiger partial charge in [0.25, 0.3) is 0 Å². The molecule has 1 saturated carbocycles. The van der Waals surface area contributed by atoms with Crippen molar-refractivity contribution in [2.75, 3.05) is 7.11 Å². The van der Waals surface area contributed by atoms with Gasteiger partial charge in [0.15, 0.2) is 11.6 Å². The number of rotatable bonds is 8. The van der Waals surface area contributed by atoms with E-state index in [2.05, 4.69) is 55.5 Å². The molecule has 10 nitrogen and oxygen atoms in total. The molecule has 3 rings (SSSR count). The maximum Gasteiger partial charge on any atom is 0.311 e. The van der Waals surface area contributed by atoms with Crippen molar-refractivity contribution in [3.05, 3.63) is 39.7 Å². The number of aromatic nitrogens is 4. The van der Waals surface area contributed by atoms with Crippen molar-refractivity contribution in [1.82, 2.24) is 25.5 Å². The molecule has 3 atom stereocenters. The minimum absolute atomic E-state index is 0.00130. The predicted octanol–water partition coefficient (Wildman–Crippen LogP) is 3.71. The van der Waals surface area contributed by atoms with E-state index in [4.69, 9.17) is 10.5 Å².